The quantitative estimate of drug-likeness (QED) is 0.522. The maximum atomic E-state index is 13.0. The largest absolute Gasteiger partial charge is 0.490 e. The summed E-state index contributed by atoms with van der Waals surface area (Å²) in [7, 11) is 0. The number of nitrogens with zero attached hydrogens (tertiary/aromatic N) is 2. The van der Waals surface area contributed by atoms with Gasteiger partial charge in [-0.15, -0.1) is 0 Å². The van der Waals surface area contributed by atoms with Gasteiger partial charge in [-0.2, -0.15) is 10.2 Å². The number of aromatic amines is 1. The molecule has 1 aromatic heterocycles. The Labute approximate surface area is 201 Å². The maximum absolute atomic E-state index is 13.0. The molecule has 2 aliphatic rings. The van der Waals surface area contributed by atoms with Gasteiger partial charge in [0.15, 0.2) is 11.5 Å². The number of anilines is 2. The summed E-state index contributed by atoms with van der Waals surface area (Å²) in [5.74, 6) is -0.513. The van der Waals surface area contributed by atoms with Gasteiger partial charge in [-0.3, -0.25) is 14.6 Å². The molecule has 0 spiro atoms. The van der Waals surface area contributed by atoms with Gasteiger partial charge in [-0.25, -0.2) is 0 Å². The highest BCUT2D eigenvalue weighted by Gasteiger charge is 2.37. The van der Waals surface area contributed by atoms with E-state index in [1.807, 2.05) is 54.6 Å². The van der Waals surface area contributed by atoms with Crippen molar-refractivity contribution < 1.29 is 14.3 Å². The number of hydrogen-bond donors (Lipinski definition) is 3. The average Bonchev–Trinajstić information content (AvgIpc) is 3.11. The molecule has 0 saturated heterocycles. The molecule has 5 rings (SSSR count). The minimum Gasteiger partial charge on any atom is -0.490 e. The van der Waals surface area contributed by atoms with Crippen molar-refractivity contribution in [3.8, 4) is 17.6 Å². The van der Waals surface area contributed by atoms with Crippen LogP contribution in [0.15, 0.2) is 59.4 Å². The van der Waals surface area contributed by atoms with Gasteiger partial charge in [0.25, 0.3) is 5.56 Å². The van der Waals surface area contributed by atoms with Crippen molar-refractivity contribution >= 4 is 23.7 Å². The van der Waals surface area contributed by atoms with Crippen LogP contribution in [0.2, 0.25) is 0 Å². The number of amides is 1. The van der Waals surface area contributed by atoms with E-state index in [0.29, 0.717) is 31.3 Å². The Morgan fingerprint density at radius 3 is 2.71 bits per heavy atom. The lowest BCUT2D eigenvalue weighted by Gasteiger charge is -2.26. The first-order valence-corrected chi connectivity index (χ1v) is 11.3. The van der Waals surface area contributed by atoms with Crippen LogP contribution in [-0.2, 0) is 11.3 Å². The molecule has 0 radical (unpaired) electrons. The Morgan fingerprint density at radius 1 is 1.11 bits per heavy atom. The molecule has 0 saturated carbocycles. The van der Waals surface area contributed by atoms with Gasteiger partial charge in [-0.1, -0.05) is 48.6 Å². The number of nitrogens with one attached hydrogen (secondary N) is 3. The van der Waals surface area contributed by atoms with Crippen molar-refractivity contribution in [3.63, 3.8) is 0 Å². The lowest BCUT2D eigenvalue weighted by Crippen LogP contribution is -2.37. The van der Waals surface area contributed by atoms with Crippen LogP contribution in [0.1, 0.15) is 29.0 Å². The van der Waals surface area contributed by atoms with E-state index in [4.69, 9.17) is 9.47 Å². The number of nitriles is 1. The molecule has 2 aromatic carbocycles. The van der Waals surface area contributed by atoms with E-state index in [9.17, 15) is 14.9 Å². The van der Waals surface area contributed by atoms with Gasteiger partial charge in [-0.05, 0) is 23.3 Å². The van der Waals surface area contributed by atoms with Crippen LogP contribution >= 0.6 is 0 Å². The summed E-state index contributed by atoms with van der Waals surface area (Å²) >= 11 is 0. The number of ether oxygens (including phenoxy) is 2. The molecule has 3 N–H and O–H groups in total. The van der Waals surface area contributed by atoms with Crippen LogP contribution in [0.25, 0.3) is 6.08 Å². The zero-order valence-corrected chi connectivity index (χ0v) is 18.8. The van der Waals surface area contributed by atoms with E-state index in [1.165, 1.54) is 0 Å². The predicted molar refractivity (Wildman–Crippen MR) is 130 cm³/mol. The molecular weight excluding hydrogens is 446 g/mol. The van der Waals surface area contributed by atoms with Crippen molar-refractivity contribution in [2.75, 3.05) is 23.8 Å². The standard InChI is InChI=1S/C26H23N5O4/c27-14-19-18(9-7-16-5-2-1-3-6-16)22-23(29-24(19)32)30-26(31-25(22)33)28-15-17-8-10-20-21(13-17)35-12-4-11-34-20/h1-3,5-10,13,18-19H,4,11-12,15H2,(H3,28,29,30,31,32,33)/b9-7+. The first-order chi connectivity index (χ1) is 17.1. The Morgan fingerprint density at radius 2 is 1.91 bits per heavy atom. The molecule has 2 atom stereocenters. The molecule has 9 nitrogen and oxygen atoms in total. The van der Waals surface area contributed by atoms with Crippen LogP contribution in [0.3, 0.4) is 0 Å². The van der Waals surface area contributed by atoms with Gasteiger partial charge in [0, 0.05) is 18.9 Å². The number of H-pyrrole nitrogens is 1. The van der Waals surface area contributed by atoms with Crippen LogP contribution in [0.4, 0.5) is 11.8 Å². The number of rotatable bonds is 5. The molecule has 176 valence electrons. The molecule has 0 aliphatic carbocycles. The van der Waals surface area contributed by atoms with Crippen LogP contribution < -0.4 is 25.7 Å². The van der Waals surface area contributed by atoms with E-state index in [0.717, 1.165) is 17.5 Å². The third-order valence-electron chi connectivity index (χ3n) is 5.88. The Kier molecular flexibility index (Phi) is 6.18. The molecule has 3 heterocycles. The zero-order chi connectivity index (χ0) is 24.2. The van der Waals surface area contributed by atoms with Crippen LogP contribution in [0.5, 0.6) is 11.5 Å². The molecule has 1 amide bonds. The summed E-state index contributed by atoms with van der Waals surface area (Å²) in [5.41, 5.74) is 1.64. The second-order valence-electron chi connectivity index (χ2n) is 8.25. The summed E-state index contributed by atoms with van der Waals surface area (Å²) in [6, 6.07) is 17.1. The van der Waals surface area contributed by atoms with Crippen molar-refractivity contribution in [2.45, 2.75) is 18.9 Å². The minimum atomic E-state index is -1.04. The second-order valence-corrected chi connectivity index (χ2v) is 8.25. The summed E-state index contributed by atoms with van der Waals surface area (Å²) in [6.45, 7) is 1.57. The van der Waals surface area contributed by atoms with Crippen molar-refractivity contribution in [1.29, 1.82) is 5.26 Å². The number of benzene rings is 2. The van der Waals surface area contributed by atoms with Gasteiger partial charge in [0.2, 0.25) is 11.9 Å². The molecule has 9 heteroatoms. The fraction of sp³-hybridized carbons (Fsp3) is 0.231. The monoisotopic (exact) mass is 469 g/mol. The van der Waals surface area contributed by atoms with Gasteiger partial charge < -0.3 is 20.1 Å². The van der Waals surface area contributed by atoms with Crippen LogP contribution in [-0.4, -0.2) is 29.1 Å². The van der Waals surface area contributed by atoms with Crippen molar-refractivity contribution in [1.82, 2.24) is 9.97 Å². The Bertz CT molecular complexity index is 1380. The number of hydrogen-bond acceptors (Lipinski definition) is 7. The molecule has 35 heavy (non-hydrogen) atoms. The second kappa shape index (κ2) is 9.73. The van der Waals surface area contributed by atoms with E-state index < -0.39 is 23.3 Å². The molecule has 2 aliphatic heterocycles. The van der Waals surface area contributed by atoms with Gasteiger partial charge in [0.05, 0.1) is 24.8 Å². The normalized spacial score (nSPS) is 18.8. The Hall–Kier alpha value is -4.58. The summed E-state index contributed by atoms with van der Waals surface area (Å²) in [6.07, 6.45) is 4.33. The zero-order valence-electron chi connectivity index (χ0n) is 18.8. The van der Waals surface area contributed by atoms with E-state index in [-0.39, 0.29) is 17.3 Å². The third kappa shape index (κ3) is 4.73. The summed E-state index contributed by atoms with van der Waals surface area (Å²) in [5, 5.41) is 15.3. The fourth-order valence-electron chi connectivity index (χ4n) is 4.12. The number of aromatic nitrogens is 2. The highest BCUT2D eigenvalue weighted by Crippen LogP contribution is 2.34. The SMILES string of the molecule is N#CC1C(=O)Nc2nc(NCc3ccc4c(c3)OCCCO4)[nH]c(=O)c2C1/C=C/c1ccccc1. The number of fused-ring (bicyclic) bond motifs is 2. The lowest BCUT2D eigenvalue weighted by molar-refractivity contribution is -0.119. The van der Waals surface area contributed by atoms with Crippen molar-refractivity contribution in [2.24, 2.45) is 5.92 Å². The Balaban J connectivity index is 1.40. The molecule has 0 bridgehead atoms. The first-order valence-electron chi connectivity index (χ1n) is 11.3. The number of carbonyl (C=O) groups is 1. The highest BCUT2D eigenvalue weighted by molar-refractivity contribution is 5.97. The lowest BCUT2D eigenvalue weighted by atomic mass is 9.83. The minimum absolute atomic E-state index is 0.147. The van der Waals surface area contributed by atoms with E-state index in [2.05, 4.69) is 20.6 Å². The van der Waals surface area contributed by atoms with E-state index >= 15 is 0 Å². The van der Waals surface area contributed by atoms with Gasteiger partial charge >= 0.3 is 0 Å². The van der Waals surface area contributed by atoms with Crippen LogP contribution in [0, 0.1) is 17.2 Å². The topological polar surface area (TPSA) is 129 Å². The average molecular weight is 470 g/mol. The molecule has 3 aromatic rings. The smallest absolute Gasteiger partial charge is 0.258 e. The highest BCUT2D eigenvalue weighted by atomic mass is 16.5. The third-order valence-corrected chi connectivity index (χ3v) is 5.88. The molecule has 2 unspecified atom stereocenters. The first kappa shape index (κ1) is 22.2. The van der Waals surface area contributed by atoms with Gasteiger partial charge in [0.1, 0.15) is 11.7 Å². The number of allylic oxidation sites excluding steroid dienone is 1. The summed E-state index contributed by atoms with van der Waals surface area (Å²) < 4.78 is 11.4. The summed E-state index contributed by atoms with van der Waals surface area (Å²) in [4.78, 5) is 32.8. The molecule has 0 fully saturated rings. The maximum Gasteiger partial charge on any atom is 0.258 e. The van der Waals surface area contributed by atoms with E-state index in [1.54, 1.807) is 12.2 Å². The molecular formula is C26H23N5O4. The fourth-order valence-corrected chi connectivity index (χ4v) is 4.12. The number of carbonyl (C=O) groups excluding carboxylic acids is 1. The predicted octanol–water partition coefficient (Wildman–Crippen LogP) is 3.43. The van der Waals surface area contributed by atoms with Crippen molar-refractivity contribution in [3.05, 3.63) is 81.7 Å².